The lowest BCUT2D eigenvalue weighted by molar-refractivity contribution is 0.289. The molecule has 8 aromatic rings. The van der Waals surface area contributed by atoms with Crippen LogP contribution in [0.25, 0.3) is 43.1 Å². The number of fused-ring (bicyclic) bond motifs is 6. The molecule has 61 heavy (non-hydrogen) atoms. The first-order chi connectivity index (χ1) is 30.0. The predicted molar refractivity (Wildman–Crippen MR) is 253 cm³/mol. The van der Waals surface area contributed by atoms with Crippen molar-refractivity contribution in [1.82, 2.24) is 29.8 Å². The van der Waals surface area contributed by atoms with Crippen molar-refractivity contribution in [3.63, 3.8) is 0 Å². The van der Waals surface area contributed by atoms with E-state index in [1.54, 1.807) is 0 Å². The highest BCUT2D eigenvalue weighted by Gasteiger charge is 2.58. The van der Waals surface area contributed by atoms with Crippen molar-refractivity contribution in [2.45, 2.75) is 24.2 Å². The average Bonchev–Trinajstić information content (AvgIpc) is 3.74. The van der Waals surface area contributed by atoms with Gasteiger partial charge < -0.3 is 19.6 Å². The van der Waals surface area contributed by atoms with Crippen molar-refractivity contribution < 1.29 is 0 Å². The molecule has 4 aliphatic rings. The van der Waals surface area contributed by atoms with Gasteiger partial charge in [0.2, 0.25) is 11.9 Å². The lowest BCUT2D eigenvalue weighted by Crippen LogP contribution is -2.40. The Morgan fingerprint density at radius 3 is 1.08 bits per heavy atom. The van der Waals surface area contributed by atoms with E-state index in [0.29, 0.717) is 0 Å². The van der Waals surface area contributed by atoms with Crippen molar-refractivity contribution >= 4 is 62.9 Å². The van der Waals surface area contributed by atoms with Gasteiger partial charge in [-0.3, -0.25) is 0 Å². The Balaban J connectivity index is 1.15. The summed E-state index contributed by atoms with van der Waals surface area (Å²) < 4.78 is 12.1. The molecule has 9 heteroatoms. The Kier molecular flexibility index (Phi) is 8.63. The van der Waals surface area contributed by atoms with Crippen molar-refractivity contribution in [2.75, 3.05) is 40.3 Å². The Bertz CT molecular complexity index is 2840. The zero-order chi connectivity index (χ0) is 40.7. The Morgan fingerprint density at radius 1 is 0.393 bits per heavy atom. The number of hydrogen-bond donors (Lipinski definition) is 2. The molecule has 0 saturated carbocycles. The number of likely N-dealkylation sites (N-methyl/N-ethyl adjacent to an activating group) is 2. The number of guanidine groups is 2. The summed E-state index contributed by atoms with van der Waals surface area (Å²) in [5.74, 6) is 1.96. The molecule has 12 rings (SSSR count). The first-order valence-corrected chi connectivity index (χ1v) is 23.2. The zero-order valence-electron chi connectivity index (χ0n) is 34.4. The Labute approximate surface area is 357 Å². The quantitative estimate of drug-likeness (QED) is 0.173. The fourth-order valence-electron chi connectivity index (χ4n) is 10.7. The van der Waals surface area contributed by atoms with Crippen LogP contribution in [-0.4, -0.2) is 71.8 Å². The minimum atomic E-state index is -3.11. The Hall–Kier alpha value is -6.31. The first-order valence-electron chi connectivity index (χ1n) is 21.5. The van der Waals surface area contributed by atoms with E-state index in [-0.39, 0.29) is 24.2 Å². The van der Waals surface area contributed by atoms with Crippen LogP contribution in [0.5, 0.6) is 0 Å². The molecule has 1 spiro atoms. The SMILES string of the molecule is CN1CCN2C1=N[P+]1(N=C3N(C)CCN3[C@@H](c3cccc4ccccc34)[C@H](c3cccc4ccccc34)N1)N[C@@H](c1cccc3ccccc13)[C@@H]2c1cccc2ccccc12. The molecule has 4 heterocycles. The molecule has 2 fully saturated rings. The molecule has 0 amide bonds. The van der Waals surface area contributed by atoms with Gasteiger partial charge in [0.15, 0.2) is 0 Å². The van der Waals surface area contributed by atoms with E-state index < -0.39 is 7.87 Å². The van der Waals surface area contributed by atoms with Crippen LogP contribution in [-0.2, 0) is 0 Å². The predicted octanol–water partition coefficient (Wildman–Crippen LogP) is 10.7. The van der Waals surface area contributed by atoms with Gasteiger partial charge in [-0.1, -0.05) is 170 Å². The van der Waals surface area contributed by atoms with Crippen LogP contribution in [0.2, 0.25) is 0 Å². The summed E-state index contributed by atoms with van der Waals surface area (Å²) in [6.45, 7) is 3.44. The van der Waals surface area contributed by atoms with Crippen molar-refractivity contribution in [1.29, 1.82) is 0 Å². The second-order valence-electron chi connectivity index (χ2n) is 17.0. The van der Waals surface area contributed by atoms with E-state index in [0.717, 1.165) is 38.1 Å². The molecule has 300 valence electrons. The van der Waals surface area contributed by atoms with E-state index in [4.69, 9.17) is 9.53 Å². The molecule has 0 unspecified atom stereocenters. The standard InChI is InChI=1S/C52H48N8P/c1-57-31-33-59-49(45-29-13-21-37-17-5-9-25-41(37)45)47(43-27-11-19-35-15-3-7-23-39(35)43)53-61(55-51(57)59)54-48(44-28-12-20-36-16-4-8-24-40(36)44)50(60-34-32-58(2)52(60)56-61)46-30-14-22-38-18-6-10-26-42(38)46/h3-30,47-50,53-54H,31-34H2,1-2H3/q+1/t47-,48-,49-,50-,61?/m0/s1. The molecule has 0 aromatic heterocycles. The van der Waals surface area contributed by atoms with Crippen LogP contribution in [0.3, 0.4) is 0 Å². The second kappa shape index (κ2) is 14.4. The van der Waals surface area contributed by atoms with Gasteiger partial charge in [-0.05, 0) is 74.9 Å². The third-order valence-corrected chi connectivity index (χ3v) is 15.8. The van der Waals surface area contributed by atoms with Gasteiger partial charge >= 0.3 is 7.87 Å². The molecule has 0 radical (unpaired) electrons. The maximum atomic E-state index is 6.04. The molecule has 4 aliphatic heterocycles. The van der Waals surface area contributed by atoms with Gasteiger partial charge in [0, 0.05) is 40.3 Å². The lowest BCUT2D eigenvalue weighted by Gasteiger charge is -2.36. The maximum Gasteiger partial charge on any atom is 0.404 e. The monoisotopic (exact) mass is 815 g/mol. The van der Waals surface area contributed by atoms with Crippen LogP contribution >= 0.6 is 7.87 Å². The molecule has 8 nitrogen and oxygen atoms in total. The molecular formula is C52H48N8P+. The van der Waals surface area contributed by atoms with Gasteiger partial charge in [0.05, 0.1) is 24.2 Å². The summed E-state index contributed by atoms with van der Waals surface area (Å²) in [7, 11) is 1.29. The van der Waals surface area contributed by atoms with E-state index in [9.17, 15) is 0 Å². The third-order valence-electron chi connectivity index (χ3n) is 13.6. The first kappa shape index (κ1) is 36.5. The van der Waals surface area contributed by atoms with Crippen LogP contribution in [0.4, 0.5) is 0 Å². The number of benzene rings is 8. The summed E-state index contributed by atoms with van der Waals surface area (Å²) in [6.07, 6.45) is 0. The normalized spacial score (nSPS) is 22.4. The molecule has 4 atom stereocenters. The van der Waals surface area contributed by atoms with Gasteiger partial charge in [-0.2, -0.15) is 0 Å². The minimum Gasteiger partial charge on any atom is -0.341 e. The van der Waals surface area contributed by atoms with E-state index in [2.05, 4.69) is 214 Å². The highest BCUT2D eigenvalue weighted by Crippen LogP contribution is 2.65. The van der Waals surface area contributed by atoms with Crippen molar-refractivity contribution in [2.24, 2.45) is 9.53 Å². The van der Waals surface area contributed by atoms with Crippen LogP contribution < -0.4 is 10.2 Å². The van der Waals surface area contributed by atoms with Gasteiger partial charge in [-0.25, -0.2) is 0 Å². The van der Waals surface area contributed by atoms with Gasteiger partial charge in [0.1, 0.15) is 0 Å². The molecule has 0 aliphatic carbocycles. The van der Waals surface area contributed by atoms with E-state index in [1.807, 2.05) is 0 Å². The van der Waals surface area contributed by atoms with Gasteiger partial charge in [0.25, 0.3) is 0 Å². The number of nitrogens with one attached hydrogen (secondary N) is 2. The molecule has 0 bridgehead atoms. The van der Waals surface area contributed by atoms with Crippen LogP contribution in [0.15, 0.2) is 179 Å². The average molecular weight is 816 g/mol. The van der Waals surface area contributed by atoms with Crippen LogP contribution in [0.1, 0.15) is 46.4 Å². The smallest absolute Gasteiger partial charge is 0.341 e. The third kappa shape index (κ3) is 5.92. The second-order valence-corrected chi connectivity index (χ2v) is 19.1. The number of hydrogen-bond acceptors (Lipinski definition) is 8. The van der Waals surface area contributed by atoms with Crippen molar-refractivity contribution in [3.8, 4) is 0 Å². The molecule has 2 saturated heterocycles. The highest BCUT2D eigenvalue weighted by molar-refractivity contribution is 7.70. The summed E-state index contributed by atoms with van der Waals surface area (Å²) in [4.78, 5) is 9.86. The van der Waals surface area contributed by atoms with Crippen LogP contribution in [0, 0.1) is 0 Å². The Morgan fingerprint density at radius 2 is 0.705 bits per heavy atom. The van der Waals surface area contributed by atoms with E-state index >= 15 is 0 Å². The molecule has 2 N–H and O–H groups in total. The molecular weight excluding hydrogens is 768 g/mol. The van der Waals surface area contributed by atoms with Gasteiger partial charge in [-0.15, -0.1) is 10.2 Å². The topological polar surface area (TPSA) is 61.7 Å². The van der Waals surface area contributed by atoms with Crippen molar-refractivity contribution in [3.05, 3.63) is 192 Å². The minimum absolute atomic E-state index is 0.0903. The summed E-state index contributed by atoms with van der Waals surface area (Å²) in [5, 5.41) is 18.8. The highest BCUT2D eigenvalue weighted by atomic mass is 31.2. The summed E-state index contributed by atoms with van der Waals surface area (Å²) in [6, 6.07) is 62.0. The number of nitrogens with zero attached hydrogens (tertiary/aromatic N) is 6. The number of rotatable bonds is 4. The summed E-state index contributed by atoms with van der Waals surface area (Å²) >= 11 is 0. The summed E-state index contributed by atoms with van der Waals surface area (Å²) in [5.41, 5.74) is 5.06. The lowest BCUT2D eigenvalue weighted by atomic mass is 9.87. The fraction of sp³-hybridized carbons (Fsp3) is 0.192. The molecule has 8 aromatic carbocycles. The largest absolute Gasteiger partial charge is 0.404 e. The fourth-order valence-corrected chi connectivity index (χ4v) is 13.4. The zero-order valence-corrected chi connectivity index (χ0v) is 35.3. The maximum absolute atomic E-state index is 6.04. The van der Waals surface area contributed by atoms with E-state index in [1.165, 1.54) is 65.3 Å².